The number of amides is 2. The van der Waals surface area contributed by atoms with E-state index in [2.05, 4.69) is 27.6 Å². The Morgan fingerprint density at radius 3 is 2.89 bits per heavy atom. The summed E-state index contributed by atoms with van der Waals surface area (Å²) in [4.78, 5) is 29.2. The van der Waals surface area contributed by atoms with Crippen molar-refractivity contribution in [1.29, 1.82) is 0 Å². The van der Waals surface area contributed by atoms with Crippen molar-refractivity contribution in [2.24, 2.45) is 0 Å². The number of nitrogens with zero attached hydrogens (tertiary/aromatic N) is 3. The number of carbonyl (C=O) groups is 2. The summed E-state index contributed by atoms with van der Waals surface area (Å²) in [5.74, 6) is 0.498. The van der Waals surface area contributed by atoms with Crippen LogP contribution in [0.2, 0.25) is 0 Å². The van der Waals surface area contributed by atoms with Gasteiger partial charge in [0, 0.05) is 12.1 Å². The summed E-state index contributed by atoms with van der Waals surface area (Å²) in [5.41, 5.74) is 0.692. The van der Waals surface area contributed by atoms with Crippen molar-refractivity contribution in [1.82, 2.24) is 14.8 Å². The van der Waals surface area contributed by atoms with Gasteiger partial charge in [0.15, 0.2) is 5.82 Å². The van der Waals surface area contributed by atoms with Gasteiger partial charge in [-0.1, -0.05) is 43.7 Å². The first-order valence-corrected chi connectivity index (χ1v) is 9.19. The van der Waals surface area contributed by atoms with Crippen molar-refractivity contribution in [3.05, 3.63) is 48.3 Å². The van der Waals surface area contributed by atoms with Gasteiger partial charge in [0.05, 0.1) is 6.42 Å². The van der Waals surface area contributed by atoms with Crippen LogP contribution in [0.1, 0.15) is 38.1 Å². The third-order valence-electron chi connectivity index (χ3n) is 4.67. The first kappa shape index (κ1) is 17.2. The number of aromatic nitrogens is 3. The normalized spacial score (nSPS) is 16.0. The maximum Gasteiger partial charge on any atom is 0.249 e. The molecule has 0 unspecified atom stereocenters. The molecule has 2 aromatic carbocycles. The fourth-order valence-corrected chi connectivity index (χ4v) is 3.25. The minimum absolute atomic E-state index is 0.0446. The van der Waals surface area contributed by atoms with Crippen LogP contribution in [0, 0.1) is 0 Å². The highest BCUT2D eigenvalue weighted by molar-refractivity contribution is 6.01. The molecule has 3 aromatic rings. The standard InChI is InChI=1S/C20H21N5O2/c1-2-3-8-17-22-20-23-18(26)12-16(25(20)24-17)19(27)21-15-10-9-13-6-4-5-7-14(13)11-15/h4-7,9-11,16H,2-3,8,12H2,1H3,(H,21,27)(H,22,23,24,26)/t16-/m1/s1. The Morgan fingerprint density at radius 1 is 1.26 bits per heavy atom. The number of unbranched alkanes of at least 4 members (excludes halogenated alkanes) is 1. The molecule has 2 amide bonds. The van der Waals surface area contributed by atoms with Gasteiger partial charge in [-0.05, 0) is 29.3 Å². The summed E-state index contributed by atoms with van der Waals surface area (Å²) < 4.78 is 1.53. The molecule has 0 spiro atoms. The molecule has 0 aliphatic carbocycles. The Kier molecular flexibility index (Phi) is 4.58. The molecule has 0 saturated carbocycles. The second-order valence-electron chi connectivity index (χ2n) is 6.72. The van der Waals surface area contributed by atoms with Gasteiger partial charge in [-0.15, -0.1) is 0 Å². The second kappa shape index (κ2) is 7.19. The van der Waals surface area contributed by atoms with Crippen molar-refractivity contribution in [3.63, 3.8) is 0 Å². The van der Waals surface area contributed by atoms with Crippen molar-refractivity contribution >= 4 is 34.2 Å². The predicted molar refractivity (Wildman–Crippen MR) is 103 cm³/mol. The van der Waals surface area contributed by atoms with Crippen molar-refractivity contribution in [3.8, 4) is 0 Å². The first-order chi connectivity index (χ1) is 13.1. The SMILES string of the molecule is CCCCc1nc2n(n1)[C@@H](C(=O)Nc1ccc3ccccc3c1)CC(=O)N2. The smallest absolute Gasteiger partial charge is 0.249 e. The van der Waals surface area contributed by atoms with E-state index in [1.54, 1.807) is 0 Å². The number of fused-ring (bicyclic) bond motifs is 2. The lowest BCUT2D eigenvalue weighted by Gasteiger charge is -2.22. The van der Waals surface area contributed by atoms with Crippen molar-refractivity contribution in [2.45, 2.75) is 38.6 Å². The number of benzene rings is 2. The number of hydrogen-bond acceptors (Lipinski definition) is 4. The Hall–Kier alpha value is -3.22. The van der Waals surface area contributed by atoms with Crippen LogP contribution in [0.25, 0.3) is 10.8 Å². The van der Waals surface area contributed by atoms with Crippen LogP contribution < -0.4 is 10.6 Å². The molecule has 0 fully saturated rings. The van der Waals surface area contributed by atoms with Crippen LogP contribution in [0.4, 0.5) is 11.6 Å². The van der Waals surface area contributed by atoms with E-state index in [1.807, 2.05) is 42.5 Å². The molecule has 0 bridgehead atoms. The Bertz CT molecular complexity index is 1010. The van der Waals surface area contributed by atoms with Crippen LogP contribution >= 0.6 is 0 Å². The average molecular weight is 363 g/mol. The minimum atomic E-state index is -0.705. The summed E-state index contributed by atoms with van der Waals surface area (Å²) in [7, 11) is 0. The molecule has 4 rings (SSSR count). The lowest BCUT2D eigenvalue weighted by atomic mass is 10.1. The van der Waals surface area contributed by atoms with Gasteiger partial charge >= 0.3 is 0 Å². The topological polar surface area (TPSA) is 88.9 Å². The molecule has 2 heterocycles. The Labute approximate surface area is 156 Å². The third-order valence-corrected chi connectivity index (χ3v) is 4.67. The highest BCUT2D eigenvalue weighted by Gasteiger charge is 2.33. The Morgan fingerprint density at radius 2 is 2.07 bits per heavy atom. The molecule has 7 nitrogen and oxygen atoms in total. The predicted octanol–water partition coefficient (Wildman–Crippen LogP) is 3.30. The van der Waals surface area contributed by atoms with Gasteiger partial charge in [-0.2, -0.15) is 10.1 Å². The molecule has 0 radical (unpaired) electrons. The molecule has 1 aliphatic rings. The van der Waals surface area contributed by atoms with E-state index in [9.17, 15) is 9.59 Å². The summed E-state index contributed by atoms with van der Waals surface area (Å²) in [6, 6.07) is 13.0. The maximum absolute atomic E-state index is 12.9. The van der Waals surface area contributed by atoms with Gasteiger partial charge in [-0.25, -0.2) is 4.68 Å². The van der Waals surface area contributed by atoms with E-state index in [-0.39, 0.29) is 18.2 Å². The average Bonchev–Trinajstić information content (AvgIpc) is 3.08. The minimum Gasteiger partial charge on any atom is -0.324 e. The van der Waals surface area contributed by atoms with Crippen LogP contribution in [-0.2, 0) is 16.0 Å². The van der Waals surface area contributed by atoms with Gasteiger partial charge in [0.25, 0.3) is 0 Å². The van der Waals surface area contributed by atoms with Crippen LogP contribution in [0.15, 0.2) is 42.5 Å². The van der Waals surface area contributed by atoms with Gasteiger partial charge < -0.3 is 5.32 Å². The number of rotatable bonds is 5. The molecular formula is C20H21N5O2. The molecular weight excluding hydrogens is 342 g/mol. The maximum atomic E-state index is 12.9. The molecule has 1 aliphatic heterocycles. The fourth-order valence-electron chi connectivity index (χ4n) is 3.25. The first-order valence-electron chi connectivity index (χ1n) is 9.19. The van der Waals surface area contributed by atoms with Gasteiger partial charge in [-0.3, -0.25) is 14.9 Å². The molecule has 1 aromatic heterocycles. The summed E-state index contributed by atoms with van der Waals surface area (Å²) >= 11 is 0. The summed E-state index contributed by atoms with van der Waals surface area (Å²) in [5, 5.41) is 12.2. The van der Waals surface area contributed by atoms with E-state index in [4.69, 9.17) is 0 Å². The van der Waals surface area contributed by atoms with Crippen molar-refractivity contribution < 1.29 is 9.59 Å². The number of hydrogen-bond donors (Lipinski definition) is 2. The third kappa shape index (κ3) is 3.53. The Balaban J connectivity index is 1.57. The number of nitrogens with one attached hydrogen (secondary N) is 2. The number of carbonyl (C=O) groups excluding carboxylic acids is 2. The molecule has 7 heteroatoms. The zero-order valence-corrected chi connectivity index (χ0v) is 15.1. The van der Waals surface area contributed by atoms with Crippen molar-refractivity contribution in [2.75, 3.05) is 10.6 Å². The number of aryl methyl sites for hydroxylation is 1. The lowest BCUT2D eigenvalue weighted by Crippen LogP contribution is -2.36. The van der Waals surface area contributed by atoms with E-state index in [0.717, 1.165) is 30.0 Å². The van der Waals surface area contributed by atoms with Crippen LogP contribution in [0.5, 0.6) is 0 Å². The highest BCUT2D eigenvalue weighted by atomic mass is 16.2. The highest BCUT2D eigenvalue weighted by Crippen LogP contribution is 2.25. The molecule has 27 heavy (non-hydrogen) atoms. The second-order valence-corrected chi connectivity index (χ2v) is 6.72. The van der Waals surface area contributed by atoms with Crippen LogP contribution in [-0.4, -0.2) is 26.6 Å². The lowest BCUT2D eigenvalue weighted by molar-refractivity contribution is -0.125. The summed E-state index contributed by atoms with van der Waals surface area (Å²) in [6.07, 6.45) is 2.77. The zero-order valence-electron chi connectivity index (χ0n) is 15.1. The summed E-state index contributed by atoms with van der Waals surface area (Å²) in [6.45, 7) is 2.09. The fraction of sp³-hybridized carbons (Fsp3) is 0.300. The molecule has 1 atom stereocenters. The zero-order chi connectivity index (χ0) is 18.8. The molecule has 0 saturated heterocycles. The van der Waals surface area contributed by atoms with E-state index in [1.165, 1.54) is 4.68 Å². The van der Waals surface area contributed by atoms with E-state index in [0.29, 0.717) is 17.5 Å². The quantitative estimate of drug-likeness (QED) is 0.728. The van der Waals surface area contributed by atoms with Crippen LogP contribution in [0.3, 0.4) is 0 Å². The largest absolute Gasteiger partial charge is 0.324 e. The van der Waals surface area contributed by atoms with E-state index < -0.39 is 6.04 Å². The number of anilines is 2. The molecule has 2 N–H and O–H groups in total. The van der Waals surface area contributed by atoms with E-state index >= 15 is 0 Å². The monoisotopic (exact) mass is 363 g/mol. The molecule has 138 valence electrons. The van der Waals surface area contributed by atoms with Gasteiger partial charge in [0.1, 0.15) is 6.04 Å². The van der Waals surface area contributed by atoms with Gasteiger partial charge in [0.2, 0.25) is 17.8 Å².